The summed E-state index contributed by atoms with van der Waals surface area (Å²) in [5.41, 5.74) is 6.96. The summed E-state index contributed by atoms with van der Waals surface area (Å²) < 4.78 is 0. The van der Waals surface area contributed by atoms with Crippen LogP contribution in [0, 0.1) is 20.8 Å². The van der Waals surface area contributed by atoms with Crippen LogP contribution in [0.2, 0.25) is 0 Å². The molecule has 0 atom stereocenters. The molecule has 2 aromatic rings. The van der Waals surface area contributed by atoms with Crippen LogP contribution in [0.4, 0.5) is 0 Å². The Balaban J connectivity index is 1.80. The van der Waals surface area contributed by atoms with Crippen molar-refractivity contribution in [3.05, 3.63) is 34.5 Å². The molecule has 1 saturated carbocycles. The first-order valence-electron chi connectivity index (χ1n) is 7.47. The van der Waals surface area contributed by atoms with Gasteiger partial charge >= 0.3 is 0 Å². The number of benzene rings is 1. The molecule has 1 heterocycles. The van der Waals surface area contributed by atoms with Crippen molar-refractivity contribution in [2.75, 3.05) is 6.54 Å². The summed E-state index contributed by atoms with van der Waals surface area (Å²) >= 11 is 0. The molecule has 0 aliphatic heterocycles. The minimum Gasteiger partial charge on any atom is -0.358 e. The number of H-pyrrole nitrogens is 1. The molecule has 1 fully saturated rings. The summed E-state index contributed by atoms with van der Waals surface area (Å²) in [6.45, 7) is 7.78. The van der Waals surface area contributed by atoms with E-state index in [9.17, 15) is 0 Å². The van der Waals surface area contributed by atoms with Crippen LogP contribution in [0.5, 0.6) is 0 Å². The largest absolute Gasteiger partial charge is 0.358 e. The van der Waals surface area contributed by atoms with E-state index in [0.717, 1.165) is 12.6 Å². The Kier molecular flexibility index (Phi) is 3.36. The second kappa shape index (κ2) is 5.01. The lowest BCUT2D eigenvalue weighted by molar-refractivity contribution is 0.645. The summed E-state index contributed by atoms with van der Waals surface area (Å²) in [4.78, 5) is 3.58. The third-order valence-corrected chi connectivity index (χ3v) is 4.30. The Hall–Kier alpha value is -1.28. The summed E-state index contributed by atoms with van der Waals surface area (Å²) in [6.07, 6.45) is 5.17. The van der Waals surface area contributed by atoms with Crippen molar-refractivity contribution in [2.24, 2.45) is 0 Å². The number of aromatic amines is 1. The highest BCUT2D eigenvalue weighted by molar-refractivity contribution is 5.90. The second-order valence-corrected chi connectivity index (χ2v) is 6.01. The van der Waals surface area contributed by atoms with Crippen LogP contribution in [0.3, 0.4) is 0 Å². The number of fused-ring (bicyclic) bond motifs is 1. The minimum absolute atomic E-state index is 0.827. The van der Waals surface area contributed by atoms with Gasteiger partial charge in [0.25, 0.3) is 0 Å². The van der Waals surface area contributed by atoms with E-state index in [4.69, 9.17) is 0 Å². The average Bonchev–Trinajstić information content (AvgIpc) is 3.14. The number of rotatable bonds is 5. The first-order chi connectivity index (χ1) is 9.16. The van der Waals surface area contributed by atoms with Crippen molar-refractivity contribution >= 4 is 10.9 Å². The number of hydrogen-bond donors (Lipinski definition) is 2. The summed E-state index contributed by atoms with van der Waals surface area (Å²) in [7, 11) is 0. The fourth-order valence-corrected chi connectivity index (χ4v) is 2.98. The van der Waals surface area contributed by atoms with Crippen LogP contribution in [-0.4, -0.2) is 17.6 Å². The maximum atomic E-state index is 3.60. The van der Waals surface area contributed by atoms with Crippen molar-refractivity contribution in [3.8, 4) is 0 Å². The third-order valence-electron chi connectivity index (χ3n) is 4.30. The van der Waals surface area contributed by atoms with E-state index in [-0.39, 0.29) is 0 Å². The average molecular weight is 256 g/mol. The van der Waals surface area contributed by atoms with Crippen LogP contribution >= 0.6 is 0 Å². The molecule has 0 amide bonds. The zero-order chi connectivity index (χ0) is 13.4. The Morgan fingerprint density at radius 2 is 1.89 bits per heavy atom. The number of aromatic nitrogens is 1. The smallest absolute Gasteiger partial charge is 0.0491 e. The molecule has 2 nitrogen and oxygen atoms in total. The van der Waals surface area contributed by atoms with Gasteiger partial charge in [0.2, 0.25) is 0 Å². The lowest BCUT2D eigenvalue weighted by Gasteiger charge is -2.06. The molecule has 0 spiro atoms. The van der Waals surface area contributed by atoms with Gasteiger partial charge in [-0.05, 0) is 69.7 Å². The molecule has 0 unspecified atom stereocenters. The van der Waals surface area contributed by atoms with Crippen LogP contribution in [0.1, 0.15) is 41.6 Å². The van der Waals surface area contributed by atoms with Crippen molar-refractivity contribution in [2.45, 2.75) is 52.5 Å². The molecular weight excluding hydrogens is 232 g/mol. The molecule has 1 aliphatic carbocycles. The van der Waals surface area contributed by atoms with Crippen LogP contribution < -0.4 is 5.32 Å². The summed E-state index contributed by atoms with van der Waals surface area (Å²) in [5.74, 6) is 0. The highest BCUT2D eigenvalue weighted by Crippen LogP contribution is 2.29. The van der Waals surface area contributed by atoms with Crippen LogP contribution in [0.15, 0.2) is 12.1 Å². The predicted octanol–water partition coefficient (Wildman–Crippen LogP) is 3.78. The lowest BCUT2D eigenvalue weighted by atomic mass is 10.00. The standard InChI is InChI=1S/C17H24N2/c1-11-6-7-12(2)17-16(11)15(13(3)19-17)5-4-10-18-14-8-9-14/h6-7,14,18-19H,4-5,8-10H2,1-3H3. The van der Waals surface area contributed by atoms with E-state index in [1.54, 1.807) is 0 Å². The van der Waals surface area contributed by atoms with Gasteiger partial charge in [-0.3, -0.25) is 0 Å². The molecule has 1 aromatic carbocycles. The Morgan fingerprint density at radius 3 is 2.63 bits per heavy atom. The van der Waals surface area contributed by atoms with E-state index in [0.29, 0.717) is 0 Å². The maximum Gasteiger partial charge on any atom is 0.0491 e. The molecule has 3 rings (SSSR count). The minimum atomic E-state index is 0.827. The maximum absolute atomic E-state index is 3.60. The van der Waals surface area contributed by atoms with Gasteiger partial charge < -0.3 is 10.3 Å². The predicted molar refractivity (Wildman–Crippen MR) is 81.9 cm³/mol. The quantitative estimate of drug-likeness (QED) is 0.783. The van der Waals surface area contributed by atoms with Crippen LogP contribution in [0.25, 0.3) is 10.9 Å². The molecule has 0 radical (unpaired) electrons. The molecule has 1 aromatic heterocycles. The van der Waals surface area contributed by atoms with Crippen molar-refractivity contribution < 1.29 is 0 Å². The molecule has 2 heteroatoms. The number of hydrogen-bond acceptors (Lipinski definition) is 1. The van der Waals surface area contributed by atoms with Gasteiger partial charge in [-0.25, -0.2) is 0 Å². The fourth-order valence-electron chi connectivity index (χ4n) is 2.98. The Morgan fingerprint density at radius 1 is 1.16 bits per heavy atom. The number of aryl methyl sites for hydroxylation is 4. The van der Waals surface area contributed by atoms with Gasteiger partial charge in [-0.1, -0.05) is 12.1 Å². The number of nitrogens with one attached hydrogen (secondary N) is 2. The highest BCUT2D eigenvalue weighted by Gasteiger charge is 2.19. The normalized spacial score (nSPS) is 15.3. The van der Waals surface area contributed by atoms with E-state index >= 15 is 0 Å². The van der Waals surface area contributed by atoms with Gasteiger partial charge in [0.05, 0.1) is 0 Å². The van der Waals surface area contributed by atoms with Gasteiger partial charge in [-0.2, -0.15) is 0 Å². The Bertz CT molecular complexity index is 591. The van der Waals surface area contributed by atoms with Gasteiger partial charge in [0, 0.05) is 22.6 Å². The highest BCUT2D eigenvalue weighted by atomic mass is 14.9. The van der Waals surface area contributed by atoms with Gasteiger partial charge in [0.1, 0.15) is 0 Å². The Labute approximate surface area is 115 Å². The zero-order valence-electron chi connectivity index (χ0n) is 12.3. The monoisotopic (exact) mass is 256 g/mol. The second-order valence-electron chi connectivity index (χ2n) is 6.01. The van der Waals surface area contributed by atoms with E-state index in [1.165, 1.54) is 59.0 Å². The lowest BCUT2D eigenvalue weighted by Crippen LogP contribution is -2.17. The van der Waals surface area contributed by atoms with Crippen LogP contribution in [-0.2, 0) is 6.42 Å². The summed E-state index contributed by atoms with van der Waals surface area (Å²) in [6, 6.07) is 5.29. The molecular formula is C17H24N2. The van der Waals surface area contributed by atoms with Gasteiger partial charge in [0.15, 0.2) is 0 Å². The molecule has 19 heavy (non-hydrogen) atoms. The molecule has 1 aliphatic rings. The topological polar surface area (TPSA) is 27.8 Å². The van der Waals surface area contributed by atoms with E-state index in [2.05, 4.69) is 43.2 Å². The van der Waals surface area contributed by atoms with Gasteiger partial charge in [-0.15, -0.1) is 0 Å². The molecule has 102 valence electrons. The molecule has 2 N–H and O–H groups in total. The molecule has 0 bridgehead atoms. The van der Waals surface area contributed by atoms with Crippen molar-refractivity contribution in [1.29, 1.82) is 0 Å². The van der Waals surface area contributed by atoms with Crippen molar-refractivity contribution in [3.63, 3.8) is 0 Å². The van der Waals surface area contributed by atoms with E-state index < -0.39 is 0 Å². The molecule has 0 saturated heterocycles. The SMILES string of the molecule is Cc1[nH]c2c(C)ccc(C)c2c1CCCNC1CC1. The summed E-state index contributed by atoms with van der Waals surface area (Å²) in [5, 5.41) is 5.06. The third kappa shape index (κ3) is 2.55. The fraction of sp³-hybridized carbons (Fsp3) is 0.529. The first-order valence-corrected chi connectivity index (χ1v) is 7.47. The van der Waals surface area contributed by atoms with E-state index in [1.807, 2.05) is 0 Å². The van der Waals surface area contributed by atoms with Crippen molar-refractivity contribution in [1.82, 2.24) is 10.3 Å². The zero-order valence-corrected chi connectivity index (χ0v) is 12.3. The first kappa shape index (κ1) is 12.7.